The molecule has 0 spiro atoms. The fourth-order valence-corrected chi connectivity index (χ4v) is 4.72. The van der Waals surface area contributed by atoms with Crippen molar-refractivity contribution in [1.82, 2.24) is 9.55 Å². The molecule has 3 N–H and O–H groups in total. The molecule has 0 atom stereocenters. The maximum Gasteiger partial charge on any atom is 0.238 e. The number of sulfonamides is 1. The van der Waals surface area contributed by atoms with Crippen LogP contribution in [-0.4, -0.2) is 29.6 Å². The second-order valence-electron chi connectivity index (χ2n) is 6.44. The van der Waals surface area contributed by atoms with Gasteiger partial charge in [0.05, 0.1) is 21.7 Å². The molecule has 0 radical (unpaired) electrons. The molecule has 1 aromatic heterocycles. The number of aryl methyl sites for hydroxylation is 1. The first-order valence-electron chi connectivity index (χ1n) is 8.99. The first-order valence-corrected chi connectivity index (χ1v) is 12.6. The molecule has 1 amide bonds. The van der Waals surface area contributed by atoms with Crippen molar-refractivity contribution in [3.8, 4) is 0 Å². The molecule has 0 aliphatic heterocycles. The van der Waals surface area contributed by atoms with Crippen molar-refractivity contribution < 1.29 is 13.2 Å². The van der Waals surface area contributed by atoms with Gasteiger partial charge in [-0.15, -0.1) is 0 Å². The second-order valence-corrected chi connectivity index (χ2v) is 10.2. The maximum absolute atomic E-state index is 12.4. The normalized spacial score (nSPS) is 11.7. The number of hydrogen-bond acceptors (Lipinski definition) is 5. The lowest BCUT2D eigenvalue weighted by molar-refractivity contribution is -0.113. The minimum absolute atomic E-state index is 0.0260. The number of primary sulfonamides is 1. The van der Waals surface area contributed by atoms with E-state index in [1.54, 1.807) is 6.07 Å². The zero-order valence-electron chi connectivity index (χ0n) is 15.8. The standard InChI is InChI=1S/C19H21IN4O3S2/c1-2-3-9-24-17-8-7-15(29(21,26)27)11-16(17)23-19(24)28-12-18(25)22-14-6-4-5-13(20)10-14/h4-8,10-11H,2-3,9,12H2,1H3,(H,22,25)(H2,21,26,27). The van der Waals surface area contributed by atoms with Crippen LogP contribution in [0.2, 0.25) is 0 Å². The fraction of sp³-hybridized carbons (Fsp3) is 0.263. The third kappa shape index (κ3) is 5.71. The first-order chi connectivity index (χ1) is 13.8. The van der Waals surface area contributed by atoms with Gasteiger partial charge >= 0.3 is 0 Å². The van der Waals surface area contributed by atoms with Crippen LogP contribution in [0, 0.1) is 3.57 Å². The highest BCUT2D eigenvalue weighted by Crippen LogP contribution is 2.27. The number of amides is 1. The maximum atomic E-state index is 12.4. The van der Waals surface area contributed by atoms with Crippen molar-refractivity contribution in [3.05, 3.63) is 46.0 Å². The average Bonchev–Trinajstić information content (AvgIpc) is 3.00. The summed E-state index contributed by atoms with van der Waals surface area (Å²) in [4.78, 5) is 16.9. The molecule has 7 nitrogen and oxygen atoms in total. The number of carbonyl (C=O) groups is 1. The number of hydrogen-bond donors (Lipinski definition) is 2. The third-order valence-electron chi connectivity index (χ3n) is 4.19. The summed E-state index contributed by atoms with van der Waals surface area (Å²) in [6.45, 7) is 2.84. The van der Waals surface area contributed by atoms with Gasteiger partial charge in [-0.3, -0.25) is 4.79 Å². The van der Waals surface area contributed by atoms with E-state index in [1.807, 2.05) is 28.8 Å². The minimum Gasteiger partial charge on any atom is -0.325 e. The Balaban J connectivity index is 1.82. The number of rotatable bonds is 8. The minimum atomic E-state index is -3.80. The molecule has 154 valence electrons. The largest absolute Gasteiger partial charge is 0.325 e. The molecule has 0 bridgehead atoms. The number of imidazole rings is 1. The molecule has 0 aliphatic rings. The number of aromatic nitrogens is 2. The Bertz CT molecular complexity index is 1150. The molecule has 3 rings (SSSR count). The van der Waals surface area contributed by atoms with Crippen LogP contribution in [0.3, 0.4) is 0 Å². The SMILES string of the molecule is CCCCn1c(SCC(=O)Nc2cccc(I)c2)nc2cc(S(N)(=O)=O)ccc21. The van der Waals surface area contributed by atoms with Gasteiger partial charge in [0.15, 0.2) is 5.16 Å². The summed E-state index contributed by atoms with van der Waals surface area (Å²) in [5.74, 6) is 0.0690. The van der Waals surface area contributed by atoms with Gasteiger partial charge in [0, 0.05) is 15.8 Å². The van der Waals surface area contributed by atoms with Crippen LogP contribution in [-0.2, 0) is 21.4 Å². The van der Waals surface area contributed by atoms with E-state index in [-0.39, 0.29) is 16.6 Å². The molecule has 0 fully saturated rings. The lowest BCUT2D eigenvalue weighted by Gasteiger charge is -2.09. The Labute approximate surface area is 187 Å². The van der Waals surface area contributed by atoms with Crippen molar-refractivity contribution in [2.45, 2.75) is 36.4 Å². The van der Waals surface area contributed by atoms with Crippen LogP contribution in [0.4, 0.5) is 5.69 Å². The molecule has 0 saturated carbocycles. The molecule has 29 heavy (non-hydrogen) atoms. The molecule has 0 unspecified atom stereocenters. The van der Waals surface area contributed by atoms with Gasteiger partial charge in [0.25, 0.3) is 0 Å². The van der Waals surface area contributed by atoms with Crippen LogP contribution in [0.15, 0.2) is 52.5 Å². The van der Waals surface area contributed by atoms with Gasteiger partial charge in [0.2, 0.25) is 15.9 Å². The summed E-state index contributed by atoms with van der Waals surface area (Å²) in [6, 6.07) is 12.3. The van der Waals surface area contributed by atoms with Crippen LogP contribution in [0.1, 0.15) is 19.8 Å². The predicted molar refractivity (Wildman–Crippen MR) is 125 cm³/mol. The summed E-state index contributed by atoms with van der Waals surface area (Å²) in [5, 5.41) is 8.79. The molecule has 3 aromatic rings. The molecular formula is C19H21IN4O3S2. The number of thioether (sulfide) groups is 1. The molecule has 1 heterocycles. The molecular weight excluding hydrogens is 523 g/mol. The highest BCUT2D eigenvalue weighted by atomic mass is 127. The fourth-order valence-electron chi connectivity index (χ4n) is 2.80. The average molecular weight is 544 g/mol. The molecule has 2 aromatic carbocycles. The van der Waals surface area contributed by atoms with Gasteiger partial charge in [-0.2, -0.15) is 0 Å². The summed E-state index contributed by atoms with van der Waals surface area (Å²) in [7, 11) is -3.80. The van der Waals surface area contributed by atoms with Gasteiger partial charge < -0.3 is 9.88 Å². The van der Waals surface area contributed by atoms with Crippen molar-refractivity contribution in [2.24, 2.45) is 5.14 Å². The van der Waals surface area contributed by atoms with E-state index in [2.05, 4.69) is 39.8 Å². The number of nitrogens with one attached hydrogen (secondary N) is 1. The second kappa shape index (κ2) is 9.45. The Kier molecular flexibility index (Phi) is 7.19. The summed E-state index contributed by atoms with van der Waals surface area (Å²) >= 11 is 3.52. The number of halogens is 1. The molecule has 10 heteroatoms. The quantitative estimate of drug-likeness (QED) is 0.331. The summed E-state index contributed by atoms with van der Waals surface area (Å²) in [5.41, 5.74) is 2.12. The highest BCUT2D eigenvalue weighted by Gasteiger charge is 2.16. The summed E-state index contributed by atoms with van der Waals surface area (Å²) in [6.07, 6.45) is 1.96. The number of fused-ring (bicyclic) bond motifs is 1. The third-order valence-corrected chi connectivity index (χ3v) is 6.75. The van der Waals surface area contributed by atoms with E-state index >= 15 is 0 Å². The van der Waals surface area contributed by atoms with Gasteiger partial charge in [-0.1, -0.05) is 31.2 Å². The number of anilines is 1. The first kappa shape index (κ1) is 22.1. The lowest BCUT2D eigenvalue weighted by Crippen LogP contribution is -2.14. The number of carbonyl (C=O) groups excluding carboxylic acids is 1. The smallest absolute Gasteiger partial charge is 0.238 e. The van der Waals surface area contributed by atoms with Crippen molar-refractivity contribution in [3.63, 3.8) is 0 Å². The monoisotopic (exact) mass is 544 g/mol. The lowest BCUT2D eigenvalue weighted by atomic mass is 10.3. The Morgan fingerprint density at radius 3 is 2.76 bits per heavy atom. The van der Waals surface area contributed by atoms with E-state index in [9.17, 15) is 13.2 Å². The van der Waals surface area contributed by atoms with E-state index in [0.29, 0.717) is 10.7 Å². The van der Waals surface area contributed by atoms with Crippen LogP contribution < -0.4 is 10.5 Å². The Hall–Kier alpha value is -1.63. The van der Waals surface area contributed by atoms with Crippen molar-refractivity contribution in [2.75, 3.05) is 11.1 Å². The predicted octanol–water partition coefficient (Wildman–Crippen LogP) is 3.82. The van der Waals surface area contributed by atoms with E-state index in [4.69, 9.17) is 5.14 Å². The van der Waals surface area contributed by atoms with Gasteiger partial charge in [-0.25, -0.2) is 18.5 Å². The van der Waals surface area contributed by atoms with Crippen LogP contribution in [0.5, 0.6) is 0 Å². The van der Waals surface area contributed by atoms with E-state index < -0.39 is 10.0 Å². The number of nitrogens with zero attached hydrogens (tertiary/aromatic N) is 2. The highest BCUT2D eigenvalue weighted by molar-refractivity contribution is 14.1. The molecule has 0 saturated heterocycles. The van der Waals surface area contributed by atoms with Crippen LogP contribution in [0.25, 0.3) is 11.0 Å². The number of nitrogens with two attached hydrogens (primary N) is 1. The summed E-state index contributed by atoms with van der Waals surface area (Å²) < 4.78 is 26.3. The van der Waals surface area contributed by atoms with Crippen molar-refractivity contribution in [1.29, 1.82) is 0 Å². The zero-order chi connectivity index (χ0) is 21.0. The van der Waals surface area contributed by atoms with Gasteiger partial charge in [-0.05, 0) is 65.4 Å². The zero-order valence-corrected chi connectivity index (χ0v) is 19.6. The molecule has 0 aliphatic carbocycles. The number of benzene rings is 2. The Morgan fingerprint density at radius 2 is 2.07 bits per heavy atom. The van der Waals surface area contributed by atoms with Crippen LogP contribution >= 0.6 is 34.4 Å². The Morgan fingerprint density at radius 1 is 1.28 bits per heavy atom. The van der Waals surface area contributed by atoms with E-state index in [1.165, 1.54) is 23.9 Å². The number of unbranched alkanes of at least 4 members (excludes halogenated alkanes) is 1. The topological polar surface area (TPSA) is 107 Å². The van der Waals surface area contributed by atoms with E-state index in [0.717, 1.165) is 34.2 Å². The van der Waals surface area contributed by atoms with Gasteiger partial charge in [0.1, 0.15) is 0 Å². The van der Waals surface area contributed by atoms with Crippen molar-refractivity contribution >= 4 is 67.0 Å².